The van der Waals surface area contributed by atoms with E-state index in [9.17, 15) is 0 Å². The summed E-state index contributed by atoms with van der Waals surface area (Å²) >= 11 is 9.65. The van der Waals surface area contributed by atoms with Crippen LogP contribution in [0.15, 0.2) is 22.7 Å². The van der Waals surface area contributed by atoms with Gasteiger partial charge in [0, 0.05) is 23.6 Å². The van der Waals surface area contributed by atoms with Crippen molar-refractivity contribution >= 4 is 33.2 Å². The summed E-state index contributed by atoms with van der Waals surface area (Å²) in [6.45, 7) is 2.55. The Morgan fingerprint density at radius 3 is 2.79 bits per heavy atom. The Balaban J connectivity index is 2.21. The second-order valence-electron chi connectivity index (χ2n) is 4.18. The number of hydrogen-bond donors (Lipinski definition) is 1. The summed E-state index contributed by atoms with van der Waals surface area (Å²) in [5.41, 5.74) is 2.83. The van der Waals surface area contributed by atoms with Gasteiger partial charge in [0.1, 0.15) is 10.9 Å². The molecule has 1 N–H and O–H groups in total. The second-order valence-corrected chi connectivity index (χ2v) is 5.45. The molecule has 0 atom stereocenters. The fraction of sp³-hybridized carbons (Fsp3) is 0.308. The lowest BCUT2D eigenvalue weighted by Crippen LogP contribution is -2.02. The third-order valence-electron chi connectivity index (χ3n) is 2.89. The first-order valence-corrected chi connectivity index (χ1v) is 6.95. The number of aromatic nitrogens is 2. The van der Waals surface area contributed by atoms with E-state index in [0.717, 1.165) is 27.2 Å². The zero-order chi connectivity index (χ0) is 14.0. The average molecular weight is 345 g/mol. The van der Waals surface area contributed by atoms with Crippen molar-refractivity contribution < 1.29 is 4.74 Å². The van der Waals surface area contributed by atoms with Crippen LogP contribution in [0.4, 0.5) is 5.69 Å². The van der Waals surface area contributed by atoms with E-state index >= 15 is 0 Å². The molecule has 0 saturated carbocycles. The lowest BCUT2D eigenvalue weighted by molar-refractivity contribution is 0.416. The van der Waals surface area contributed by atoms with Crippen LogP contribution in [-0.2, 0) is 13.6 Å². The number of rotatable bonds is 4. The Morgan fingerprint density at radius 2 is 2.21 bits per heavy atom. The highest BCUT2D eigenvalue weighted by atomic mass is 79.9. The predicted octanol–water partition coefficient (Wildman–Crippen LogP) is 3.77. The molecule has 0 spiro atoms. The molecule has 19 heavy (non-hydrogen) atoms. The molecule has 2 rings (SSSR count). The van der Waals surface area contributed by atoms with Crippen LogP contribution in [0.3, 0.4) is 0 Å². The summed E-state index contributed by atoms with van der Waals surface area (Å²) in [4.78, 5) is 0. The van der Waals surface area contributed by atoms with Gasteiger partial charge < -0.3 is 10.1 Å². The van der Waals surface area contributed by atoms with Gasteiger partial charge in [-0.05, 0) is 25.1 Å². The molecule has 2 aromatic rings. The fourth-order valence-electron chi connectivity index (χ4n) is 1.88. The first-order chi connectivity index (χ1) is 9.02. The van der Waals surface area contributed by atoms with Gasteiger partial charge in [-0.25, -0.2) is 0 Å². The monoisotopic (exact) mass is 343 g/mol. The van der Waals surface area contributed by atoms with Crippen molar-refractivity contribution in [3.63, 3.8) is 0 Å². The first-order valence-electron chi connectivity index (χ1n) is 5.78. The fourth-order valence-corrected chi connectivity index (χ4v) is 2.48. The maximum atomic E-state index is 6.21. The Labute approximate surface area is 125 Å². The van der Waals surface area contributed by atoms with E-state index in [4.69, 9.17) is 16.3 Å². The van der Waals surface area contributed by atoms with Crippen LogP contribution < -0.4 is 10.1 Å². The van der Waals surface area contributed by atoms with Gasteiger partial charge in [0.15, 0.2) is 0 Å². The minimum atomic E-state index is 0.602. The van der Waals surface area contributed by atoms with Crippen LogP contribution in [0.25, 0.3) is 0 Å². The number of hydrogen-bond acceptors (Lipinski definition) is 3. The number of aryl methyl sites for hydroxylation is 2. The topological polar surface area (TPSA) is 39.1 Å². The molecule has 0 saturated heterocycles. The summed E-state index contributed by atoms with van der Waals surface area (Å²) in [5, 5.41) is 8.26. The normalized spacial score (nSPS) is 10.6. The van der Waals surface area contributed by atoms with Crippen molar-refractivity contribution in [2.45, 2.75) is 13.5 Å². The van der Waals surface area contributed by atoms with Gasteiger partial charge in [-0.2, -0.15) is 5.10 Å². The van der Waals surface area contributed by atoms with E-state index in [0.29, 0.717) is 11.7 Å². The van der Waals surface area contributed by atoms with Crippen LogP contribution in [0.2, 0.25) is 5.15 Å². The number of ether oxygens (including phenoxy) is 1. The summed E-state index contributed by atoms with van der Waals surface area (Å²) < 4.78 is 7.98. The highest BCUT2D eigenvalue weighted by Crippen LogP contribution is 2.29. The van der Waals surface area contributed by atoms with E-state index in [1.54, 1.807) is 11.8 Å². The van der Waals surface area contributed by atoms with Gasteiger partial charge >= 0.3 is 0 Å². The van der Waals surface area contributed by atoms with Crippen molar-refractivity contribution in [2.24, 2.45) is 7.05 Å². The molecule has 0 radical (unpaired) electrons. The highest BCUT2D eigenvalue weighted by molar-refractivity contribution is 9.10. The van der Waals surface area contributed by atoms with Crippen LogP contribution >= 0.6 is 27.5 Å². The van der Waals surface area contributed by atoms with E-state index in [-0.39, 0.29) is 0 Å². The third kappa shape index (κ3) is 3.04. The Hall–Kier alpha value is -1.20. The summed E-state index contributed by atoms with van der Waals surface area (Å²) in [7, 11) is 3.48. The standard InChI is InChI=1S/C13H15BrClN3O/c1-8-10(13(15)18(2)17-8)7-16-11-6-9(14)4-5-12(11)19-3/h4-6,16H,7H2,1-3H3. The number of methoxy groups -OCH3 is 1. The maximum absolute atomic E-state index is 6.21. The molecule has 0 aliphatic carbocycles. The average Bonchev–Trinajstić information content (AvgIpc) is 2.61. The predicted molar refractivity (Wildman–Crippen MR) is 81.0 cm³/mol. The zero-order valence-corrected chi connectivity index (χ0v) is 13.3. The molecular formula is C13H15BrClN3O. The van der Waals surface area contributed by atoms with Crippen molar-refractivity contribution in [1.82, 2.24) is 9.78 Å². The molecule has 1 aromatic heterocycles. The first kappa shape index (κ1) is 14.2. The molecule has 102 valence electrons. The van der Waals surface area contributed by atoms with Gasteiger partial charge in [-0.3, -0.25) is 4.68 Å². The second kappa shape index (κ2) is 5.84. The number of nitrogens with one attached hydrogen (secondary N) is 1. The van der Waals surface area contributed by atoms with E-state index in [1.807, 2.05) is 32.2 Å². The summed E-state index contributed by atoms with van der Waals surface area (Å²) in [5.74, 6) is 0.792. The van der Waals surface area contributed by atoms with Crippen molar-refractivity contribution in [3.05, 3.63) is 39.1 Å². The van der Waals surface area contributed by atoms with Gasteiger partial charge in [0.25, 0.3) is 0 Å². The minimum absolute atomic E-state index is 0.602. The third-order valence-corrected chi connectivity index (χ3v) is 3.85. The molecule has 1 heterocycles. The van der Waals surface area contributed by atoms with Crippen LogP contribution in [0.5, 0.6) is 5.75 Å². The highest BCUT2D eigenvalue weighted by Gasteiger charge is 2.12. The molecule has 0 bridgehead atoms. The number of halogens is 2. The molecule has 0 amide bonds. The smallest absolute Gasteiger partial charge is 0.142 e. The molecule has 6 heteroatoms. The summed E-state index contributed by atoms with van der Waals surface area (Å²) in [6.07, 6.45) is 0. The van der Waals surface area contributed by atoms with Crippen molar-refractivity contribution in [2.75, 3.05) is 12.4 Å². The van der Waals surface area contributed by atoms with Gasteiger partial charge in [0.2, 0.25) is 0 Å². The SMILES string of the molecule is COc1ccc(Br)cc1NCc1c(C)nn(C)c1Cl. The number of nitrogens with zero attached hydrogens (tertiary/aromatic N) is 2. The van der Waals surface area contributed by atoms with Crippen LogP contribution in [-0.4, -0.2) is 16.9 Å². The maximum Gasteiger partial charge on any atom is 0.142 e. The van der Waals surface area contributed by atoms with E-state index < -0.39 is 0 Å². The minimum Gasteiger partial charge on any atom is -0.495 e. The molecule has 0 fully saturated rings. The van der Waals surface area contributed by atoms with Crippen LogP contribution in [0.1, 0.15) is 11.3 Å². The number of benzene rings is 1. The Morgan fingerprint density at radius 1 is 1.47 bits per heavy atom. The van der Waals surface area contributed by atoms with Crippen molar-refractivity contribution in [3.8, 4) is 5.75 Å². The Bertz CT molecular complexity index is 598. The van der Waals surface area contributed by atoms with Gasteiger partial charge in [0.05, 0.1) is 18.5 Å². The van der Waals surface area contributed by atoms with Gasteiger partial charge in [-0.15, -0.1) is 0 Å². The lowest BCUT2D eigenvalue weighted by Gasteiger charge is -2.11. The molecule has 1 aromatic carbocycles. The lowest BCUT2D eigenvalue weighted by atomic mass is 10.2. The van der Waals surface area contributed by atoms with Crippen LogP contribution in [0, 0.1) is 6.92 Å². The van der Waals surface area contributed by atoms with Gasteiger partial charge in [-0.1, -0.05) is 27.5 Å². The summed E-state index contributed by atoms with van der Waals surface area (Å²) in [6, 6.07) is 5.81. The number of anilines is 1. The van der Waals surface area contributed by atoms with Crippen molar-refractivity contribution in [1.29, 1.82) is 0 Å². The molecule has 0 unspecified atom stereocenters. The molecular weight excluding hydrogens is 330 g/mol. The Kier molecular flexibility index (Phi) is 4.37. The van der Waals surface area contributed by atoms with E-state index in [2.05, 4.69) is 26.3 Å². The quantitative estimate of drug-likeness (QED) is 0.918. The van der Waals surface area contributed by atoms with E-state index in [1.165, 1.54) is 0 Å². The molecule has 4 nitrogen and oxygen atoms in total. The molecule has 0 aliphatic rings. The zero-order valence-electron chi connectivity index (χ0n) is 11.0. The molecule has 0 aliphatic heterocycles. The largest absolute Gasteiger partial charge is 0.495 e.